The Balaban J connectivity index is 1.69. The van der Waals surface area contributed by atoms with Gasteiger partial charge in [0.1, 0.15) is 23.4 Å². The van der Waals surface area contributed by atoms with Crippen molar-refractivity contribution in [2.45, 2.75) is 32.4 Å². The molecule has 7 heteroatoms. The lowest BCUT2D eigenvalue weighted by Gasteiger charge is -2.26. The highest BCUT2D eigenvalue weighted by Gasteiger charge is 2.47. The number of halogens is 1. The van der Waals surface area contributed by atoms with Gasteiger partial charge in [0, 0.05) is 17.7 Å². The minimum atomic E-state index is -0.831. The lowest BCUT2D eigenvalue weighted by molar-refractivity contribution is -0.132. The van der Waals surface area contributed by atoms with Gasteiger partial charge in [-0.3, -0.25) is 14.5 Å². The molecule has 2 aliphatic rings. The highest BCUT2D eigenvalue weighted by Crippen LogP contribution is 2.44. The number of methoxy groups -OCH3 is 1. The van der Waals surface area contributed by atoms with Crippen molar-refractivity contribution in [1.29, 1.82) is 0 Å². The first-order chi connectivity index (χ1) is 16.8. The molecule has 1 saturated heterocycles. The number of fused-ring (bicyclic) bond motifs is 1. The Hall–Kier alpha value is -3.77. The number of nitrogens with zero attached hydrogens (tertiary/aromatic N) is 1. The van der Waals surface area contributed by atoms with Crippen LogP contribution in [0.2, 0.25) is 5.02 Å². The molecule has 2 heterocycles. The highest BCUT2D eigenvalue weighted by atomic mass is 35.5. The Kier molecular flexibility index (Phi) is 5.77. The summed E-state index contributed by atoms with van der Waals surface area (Å²) in [5.41, 5.74) is 3.54. The van der Waals surface area contributed by atoms with Crippen molar-refractivity contribution in [2.24, 2.45) is 0 Å². The molecule has 1 fully saturated rings. The van der Waals surface area contributed by atoms with Gasteiger partial charge in [-0.15, -0.1) is 0 Å². The van der Waals surface area contributed by atoms with Crippen molar-refractivity contribution < 1.29 is 24.2 Å². The fourth-order valence-electron chi connectivity index (χ4n) is 4.78. The number of benzene rings is 3. The lowest BCUT2D eigenvalue weighted by atomic mass is 9.93. The monoisotopic (exact) mass is 489 g/mol. The van der Waals surface area contributed by atoms with E-state index in [0.717, 1.165) is 16.9 Å². The quantitative estimate of drug-likeness (QED) is 0.293. The van der Waals surface area contributed by atoms with Crippen molar-refractivity contribution in [3.63, 3.8) is 0 Å². The van der Waals surface area contributed by atoms with Gasteiger partial charge in [-0.05, 0) is 61.4 Å². The fourth-order valence-corrected chi connectivity index (χ4v) is 5.04. The minimum absolute atomic E-state index is 0.0273. The topological polar surface area (TPSA) is 76.1 Å². The van der Waals surface area contributed by atoms with Gasteiger partial charge in [0.2, 0.25) is 0 Å². The molecule has 0 aromatic heterocycles. The van der Waals surface area contributed by atoms with Crippen LogP contribution >= 0.6 is 11.6 Å². The zero-order chi connectivity index (χ0) is 24.9. The Bertz CT molecular complexity index is 1400. The van der Waals surface area contributed by atoms with E-state index >= 15 is 0 Å². The Morgan fingerprint density at radius 1 is 1.11 bits per heavy atom. The van der Waals surface area contributed by atoms with Gasteiger partial charge in [0.05, 0.1) is 23.7 Å². The molecule has 178 valence electrons. The molecule has 0 radical (unpaired) electrons. The van der Waals surface area contributed by atoms with Crippen LogP contribution in [0.15, 0.2) is 66.2 Å². The molecule has 0 aliphatic carbocycles. The largest absolute Gasteiger partial charge is 0.507 e. The zero-order valence-electron chi connectivity index (χ0n) is 19.5. The normalized spacial score (nSPS) is 20.6. The van der Waals surface area contributed by atoms with Crippen LogP contribution in [-0.4, -0.2) is 30.0 Å². The number of rotatable bonds is 4. The number of aryl methyl sites for hydroxylation is 1. The molecule has 1 N–H and O–H groups in total. The van der Waals surface area contributed by atoms with Gasteiger partial charge in [0.15, 0.2) is 0 Å². The molecule has 0 saturated carbocycles. The molecule has 0 bridgehead atoms. The summed E-state index contributed by atoms with van der Waals surface area (Å²) < 4.78 is 11.0. The summed E-state index contributed by atoms with van der Waals surface area (Å²) >= 11 is 6.35. The highest BCUT2D eigenvalue weighted by molar-refractivity contribution is 6.51. The number of aliphatic hydroxyl groups excluding tert-OH is 1. The van der Waals surface area contributed by atoms with E-state index in [-0.39, 0.29) is 17.4 Å². The standard InChI is InChI=1S/C28H24ClNO5/c1-15-5-4-6-17(11-15)25-24(26(31)18-7-9-22-19(13-18)12-16(2)35-22)27(32)28(33)30(25)20-8-10-23(34-3)21(29)14-20/h4-11,13-14,16,25,31H,12H2,1-3H3/b26-24-. The number of aliphatic hydroxyl groups is 1. The van der Waals surface area contributed by atoms with Crippen molar-refractivity contribution >= 4 is 34.7 Å². The number of carbonyl (C=O) groups is 2. The summed E-state index contributed by atoms with van der Waals surface area (Å²) in [4.78, 5) is 28.1. The average Bonchev–Trinajstić information content (AvgIpc) is 3.34. The molecule has 0 spiro atoms. The molecule has 5 rings (SSSR count). The van der Waals surface area contributed by atoms with Crippen LogP contribution in [0.3, 0.4) is 0 Å². The third-order valence-electron chi connectivity index (χ3n) is 6.39. The van der Waals surface area contributed by atoms with E-state index < -0.39 is 17.7 Å². The maximum atomic E-state index is 13.4. The van der Waals surface area contributed by atoms with E-state index in [1.165, 1.54) is 12.0 Å². The molecule has 1 amide bonds. The van der Waals surface area contributed by atoms with E-state index in [9.17, 15) is 14.7 Å². The fraction of sp³-hybridized carbons (Fsp3) is 0.214. The molecule has 35 heavy (non-hydrogen) atoms. The van der Waals surface area contributed by atoms with E-state index in [4.69, 9.17) is 21.1 Å². The molecule has 2 atom stereocenters. The summed E-state index contributed by atoms with van der Waals surface area (Å²) in [6.45, 7) is 3.91. The molecule has 3 aromatic carbocycles. The van der Waals surface area contributed by atoms with Gasteiger partial charge in [-0.2, -0.15) is 0 Å². The zero-order valence-corrected chi connectivity index (χ0v) is 20.3. The summed E-state index contributed by atoms with van der Waals surface area (Å²) in [6, 6.07) is 16.9. The Morgan fingerprint density at radius 3 is 2.63 bits per heavy atom. The molecular weight excluding hydrogens is 466 g/mol. The van der Waals surface area contributed by atoms with Crippen LogP contribution in [0.5, 0.6) is 11.5 Å². The number of ether oxygens (including phenoxy) is 2. The van der Waals surface area contributed by atoms with E-state index in [2.05, 4.69) is 0 Å². The molecule has 3 aromatic rings. The van der Waals surface area contributed by atoms with Gasteiger partial charge >= 0.3 is 0 Å². The first kappa shape index (κ1) is 23.0. The average molecular weight is 490 g/mol. The van der Waals surface area contributed by atoms with Crippen LogP contribution in [0.1, 0.15) is 35.2 Å². The first-order valence-corrected chi connectivity index (χ1v) is 11.7. The summed E-state index contributed by atoms with van der Waals surface area (Å²) in [5.74, 6) is -0.505. The molecular formula is C28H24ClNO5. The van der Waals surface area contributed by atoms with Crippen LogP contribution in [0.4, 0.5) is 5.69 Å². The van der Waals surface area contributed by atoms with Crippen LogP contribution in [0.25, 0.3) is 5.76 Å². The second-order valence-corrected chi connectivity index (χ2v) is 9.26. The predicted molar refractivity (Wildman–Crippen MR) is 134 cm³/mol. The number of ketones is 1. The van der Waals surface area contributed by atoms with Gasteiger partial charge in [-0.1, -0.05) is 41.4 Å². The van der Waals surface area contributed by atoms with Crippen LogP contribution in [-0.2, 0) is 16.0 Å². The van der Waals surface area contributed by atoms with Gasteiger partial charge in [-0.25, -0.2) is 0 Å². The van der Waals surface area contributed by atoms with Crippen LogP contribution in [0, 0.1) is 6.92 Å². The van der Waals surface area contributed by atoms with Crippen molar-refractivity contribution in [1.82, 2.24) is 0 Å². The van der Waals surface area contributed by atoms with E-state index in [0.29, 0.717) is 34.0 Å². The van der Waals surface area contributed by atoms with Crippen molar-refractivity contribution in [2.75, 3.05) is 12.0 Å². The second kappa shape index (κ2) is 8.78. The van der Waals surface area contributed by atoms with Gasteiger partial charge < -0.3 is 14.6 Å². The molecule has 2 unspecified atom stereocenters. The van der Waals surface area contributed by atoms with Crippen molar-refractivity contribution in [3.05, 3.63) is 93.5 Å². The van der Waals surface area contributed by atoms with E-state index in [1.54, 1.807) is 30.3 Å². The van der Waals surface area contributed by atoms with Gasteiger partial charge in [0.25, 0.3) is 11.7 Å². The number of Topliss-reactive ketones (excluding diaryl/α,β-unsaturated/α-hetero) is 1. The summed E-state index contributed by atoms with van der Waals surface area (Å²) in [5, 5.41) is 11.7. The summed E-state index contributed by atoms with van der Waals surface area (Å²) in [6.07, 6.45) is 0.747. The number of hydrogen-bond acceptors (Lipinski definition) is 5. The SMILES string of the molecule is COc1ccc(N2C(=O)C(=O)/C(=C(\O)c3ccc4c(c3)CC(C)O4)C2c2cccc(C)c2)cc1Cl. The third-order valence-corrected chi connectivity index (χ3v) is 6.68. The minimum Gasteiger partial charge on any atom is -0.507 e. The number of carbonyl (C=O) groups excluding carboxylic acids is 2. The second-order valence-electron chi connectivity index (χ2n) is 8.86. The Labute approximate surface area is 208 Å². The number of hydrogen-bond donors (Lipinski definition) is 1. The maximum Gasteiger partial charge on any atom is 0.300 e. The third kappa shape index (κ3) is 3.94. The smallest absolute Gasteiger partial charge is 0.300 e. The summed E-state index contributed by atoms with van der Waals surface area (Å²) in [7, 11) is 1.50. The van der Waals surface area contributed by atoms with E-state index in [1.807, 2.05) is 44.2 Å². The van der Waals surface area contributed by atoms with Crippen LogP contribution < -0.4 is 14.4 Å². The Morgan fingerprint density at radius 2 is 1.91 bits per heavy atom. The predicted octanol–water partition coefficient (Wildman–Crippen LogP) is 5.61. The molecule has 6 nitrogen and oxygen atoms in total. The lowest BCUT2D eigenvalue weighted by Crippen LogP contribution is -2.29. The first-order valence-electron chi connectivity index (χ1n) is 11.3. The molecule has 2 aliphatic heterocycles. The maximum absolute atomic E-state index is 13.4. The number of amides is 1. The number of anilines is 1. The van der Waals surface area contributed by atoms with Crippen molar-refractivity contribution in [3.8, 4) is 11.5 Å².